The molecule has 0 aromatic heterocycles. The zero-order valence-electron chi connectivity index (χ0n) is 9.92. The van der Waals surface area contributed by atoms with Gasteiger partial charge in [0, 0.05) is 26.1 Å². The number of carbonyl (C=O) groups excluding carboxylic acids is 1. The van der Waals surface area contributed by atoms with Crippen LogP contribution in [0.4, 0.5) is 0 Å². The maximum absolute atomic E-state index is 11.6. The monoisotopic (exact) mass is 200 g/mol. The Morgan fingerprint density at radius 2 is 2.00 bits per heavy atom. The van der Waals surface area contributed by atoms with Crippen molar-refractivity contribution in [2.45, 2.75) is 46.1 Å². The highest BCUT2D eigenvalue weighted by molar-refractivity contribution is 5.76. The largest absolute Gasteiger partial charge is 0.345 e. The van der Waals surface area contributed by atoms with Crippen molar-refractivity contribution in [3.8, 4) is 0 Å². The van der Waals surface area contributed by atoms with E-state index in [0.29, 0.717) is 12.3 Å². The minimum absolute atomic E-state index is 0.0297. The molecule has 0 radical (unpaired) electrons. The molecule has 0 fully saturated rings. The quantitative estimate of drug-likeness (QED) is 0.708. The summed E-state index contributed by atoms with van der Waals surface area (Å²) in [4.78, 5) is 13.4. The van der Waals surface area contributed by atoms with Gasteiger partial charge in [-0.2, -0.15) is 0 Å². The summed E-state index contributed by atoms with van der Waals surface area (Å²) in [6.45, 7) is 7.12. The van der Waals surface area contributed by atoms with Gasteiger partial charge in [0.05, 0.1) is 0 Å². The van der Waals surface area contributed by atoms with E-state index in [1.807, 2.05) is 7.05 Å². The number of nitrogens with two attached hydrogens (primary N) is 1. The zero-order chi connectivity index (χ0) is 11.1. The Morgan fingerprint density at radius 3 is 2.43 bits per heavy atom. The van der Waals surface area contributed by atoms with Crippen molar-refractivity contribution in [3.63, 3.8) is 0 Å². The predicted molar refractivity (Wildman–Crippen MR) is 60.0 cm³/mol. The molecule has 3 nitrogen and oxygen atoms in total. The molecule has 0 aliphatic rings. The molecule has 84 valence electrons. The van der Waals surface area contributed by atoms with Crippen molar-refractivity contribution in [1.82, 2.24) is 4.90 Å². The van der Waals surface area contributed by atoms with Crippen LogP contribution in [-0.4, -0.2) is 30.4 Å². The predicted octanol–water partition coefficient (Wildman–Crippen LogP) is 1.62. The Kier molecular flexibility index (Phi) is 6.54. The molecule has 0 aliphatic heterocycles. The average molecular weight is 200 g/mol. The molecule has 1 unspecified atom stereocenters. The fourth-order valence-corrected chi connectivity index (χ4v) is 1.50. The van der Waals surface area contributed by atoms with Gasteiger partial charge in [0.1, 0.15) is 0 Å². The summed E-state index contributed by atoms with van der Waals surface area (Å²) in [6.07, 6.45) is 2.46. The lowest BCUT2D eigenvalue weighted by molar-refractivity contribution is -0.130. The Bertz CT molecular complexity index is 169. The van der Waals surface area contributed by atoms with Gasteiger partial charge in [0.2, 0.25) is 5.91 Å². The third-order valence-electron chi connectivity index (χ3n) is 2.16. The molecule has 14 heavy (non-hydrogen) atoms. The summed E-state index contributed by atoms with van der Waals surface area (Å²) in [6, 6.07) is 0.0297. The van der Waals surface area contributed by atoms with Crippen molar-refractivity contribution < 1.29 is 4.79 Å². The van der Waals surface area contributed by atoms with E-state index in [-0.39, 0.29) is 11.9 Å². The van der Waals surface area contributed by atoms with E-state index in [9.17, 15) is 4.79 Å². The van der Waals surface area contributed by atoms with Crippen LogP contribution in [-0.2, 0) is 4.79 Å². The molecule has 0 aromatic rings. The van der Waals surface area contributed by atoms with Gasteiger partial charge in [-0.3, -0.25) is 4.79 Å². The molecule has 3 heteroatoms. The van der Waals surface area contributed by atoms with Crippen molar-refractivity contribution in [2.75, 3.05) is 13.6 Å². The van der Waals surface area contributed by atoms with Crippen LogP contribution in [0.2, 0.25) is 0 Å². The number of rotatable bonds is 6. The van der Waals surface area contributed by atoms with Crippen molar-refractivity contribution >= 4 is 5.91 Å². The second-order valence-electron chi connectivity index (χ2n) is 4.42. The molecule has 0 bridgehead atoms. The number of carbonyl (C=O) groups is 1. The van der Waals surface area contributed by atoms with E-state index in [1.54, 1.807) is 4.90 Å². The number of amides is 1. The first-order chi connectivity index (χ1) is 6.47. The lowest BCUT2D eigenvalue weighted by Gasteiger charge is -2.21. The summed E-state index contributed by atoms with van der Waals surface area (Å²) >= 11 is 0. The molecular formula is C11H24N2O. The first-order valence-electron chi connectivity index (χ1n) is 5.46. The molecule has 1 amide bonds. The second kappa shape index (κ2) is 6.82. The van der Waals surface area contributed by atoms with E-state index in [4.69, 9.17) is 5.73 Å². The summed E-state index contributed by atoms with van der Waals surface area (Å²) in [7, 11) is 1.85. The van der Waals surface area contributed by atoms with Crippen LogP contribution in [0.15, 0.2) is 0 Å². The second-order valence-corrected chi connectivity index (χ2v) is 4.42. The van der Waals surface area contributed by atoms with E-state index in [2.05, 4.69) is 20.8 Å². The van der Waals surface area contributed by atoms with Crippen molar-refractivity contribution in [1.29, 1.82) is 0 Å². The minimum atomic E-state index is 0.0297. The molecule has 0 aromatic carbocycles. The summed E-state index contributed by atoms with van der Waals surface area (Å²) < 4.78 is 0. The van der Waals surface area contributed by atoms with Gasteiger partial charge in [0.15, 0.2) is 0 Å². The highest BCUT2D eigenvalue weighted by Gasteiger charge is 2.13. The molecule has 0 rings (SSSR count). The van der Waals surface area contributed by atoms with Crippen LogP contribution >= 0.6 is 0 Å². The molecule has 0 heterocycles. The van der Waals surface area contributed by atoms with Crippen LogP contribution in [0, 0.1) is 5.92 Å². The lowest BCUT2D eigenvalue weighted by Crippen LogP contribution is -2.35. The van der Waals surface area contributed by atoms with Crippen LogP contribution in [0.25, 0.3) is 0 Å². The third-order valence-corrected chi connectivity index (χ3v) is 2.16. The number of hydrogen-bond donors (Lipinski definition) is 1. The fourth-order valence-electron chi connectivity index (χ4n) is 1.50. The van der Waals surface area contributed by atoms with E-state index in [0.717, 1.165) is 19.4 Å². The maximum Gasteiger partial charge on any atom is 0.223 e. The van der Waals surface area contributed by atoms with Gasteiger partial charge in [0.25, 0.3) is 0 Å². The normalized spacial score (nSPS) is 13.0. The van der Waals surface area contributed by atoms with Crippen LogP contribution in [0.5, 0.6) is 0 Å². The fraction of sp³-hybridized carbons (Fsp3) is 0.909. The number of nitrogens with zero attached hydrogens (tertiary/aromatic N) is 1. The van der Waals surface area contributed by atoms with E-state index in [1.165, 1.54) is 0 Å². The zero-order valence-corrected chi connectivity index (χ0v) is 9.92. The van der Waals surface area contributed by atoms with Crippen LogP contribution < -0.4 is 5.73 Å². The first-order valence-corrected chi connectivity index (χ1v) is 5.46. The first kappa shape index (κ1) is 13.4. The molecule has 0 spiro atoms. The number of hydrogen-bond acceptors (Lipinski definition) is 2. The standard InChI is InChI=1S/C11H24N2O/c1-5-6-10(12)7-11(14)13(4)8-9(2)3/h9-10H,5-8,12H2,1-4H3. The van der Waals surface area contributed by atoms with Crippen molar-refractivity contribution in [2.24, 2.45) is 11.7 Å². The smallest absolute Gasteiger partial charge is 0.223 e. The Morgan fingerprint density at radius 1 is 1.43 bits per heavy atom. The Balaban J connectivity index is 3.82. The van der Waals surface area contributed by atoms with Crippen LogP contribution in [0.3, 0.4) is 0 Å². The Hall–Kier alpha value is -0.570. The maximum atomic E-state index is 11.6. The van der Waals surface area contributed by atoms with Gasteiger partial charge in [-0.25, -0.2) is 0 Å². The van der Waals surface area contributed by atoms with Gasteiger partial charge in [-0.05, 0) is 12.3 Å². The molecule has 0 saturated heterocycles. The molecule has 0 aliphatic carbocycles. The SMILES string of the molecule is CCCC(N)CC(=O)N(C)CC(C)C. The van der Waals surface area contributed by atoms with Crippen LogP contribution in [0.1, 0.15) is 40.0 Å². The van der Waals surface area contributed by atoms with Crippen molar-refractivity contribution in [3.05, 3.63) is 0 Å². The van der Waals surface area contributed by atoms with E-state index < -0.39 is 0 Å². The van der Waals surface area contributed by atoms with Gasteiger partial charge >= 0.3 is 0 Å². The molecule has 2 N–H and O–H groups in total. The summed E-state index contributed by atoms with van der Waals surface area (Å²) in [5.41, 5.74) is 5.81. The average Bonchev–Trinajstić information content (AvgIpc) is 2.02. The third kappa shape index (κ3) is 5.97. The lowest BCUT2D eigenvalue weighted by atomic mass is 10.1. The molecular weight excluding hydrogens is 176 g/mol. The Labute approximate surface area is 87.6 Å². The van der Waals surface area contributed by atoms with E-state index >= 15 is 0 Å². The summed E-state index contributed by atoms with van der Waals surface area (Å²) in [5.74, 6) is 0.686. The van der Waals surface area contributed by atoms with Gasteiger partial charge in [-0.1, -0.05) is 27.2 Å². The topological polar surface area (TPSA) is 46.3 Å². The highest BCUT2D eigenvalue weighted by atomic mass is 16.2. The van der Waals surface area contributed by atoms with Gasteiger partial charge in [-0.15, -0.1) is 0 Å². The highest BCUT2D eigenvalue weighted by Crippen LogP contribution is 2.03. The van der Waals surface area contributed by atoms with Gasteiger partial charge < -0.3 is 10.6 Å². The molecule has 0 saturated carbocycles. The minimum Gasteiger partial charge on any atom is -0.345 e. The summed E-state index contributed by atoms with van der Waals surface area (Å²) in [5, 5.41) is 0. The molecule has 1 atom stereocenters.